The first-order valence-corrected chi connectivity index (χ1v) is 5.13. The molecule has 4 nitrogen and oxygen atoms in total. The third-order valence-electron chi connectivity index (χ3n) is 2.04. The molecular formula is C10H21NO3. The molecule has 0 spiro atoms. The molecule has 0 saturated heterocycles. The Kier molecular flexibility index (Phi) is 6.49. The summed E-state index contributed by atoms with van der Waals surface area (Å²) in [5.41, 5.74) is -0.669. The van der Waals surface area contributed by atoms with Crippen molar-refractivity contribution in [2.75, 3.05) is 13.1 Å². The predicted molar refractivity (Wildman–Crippen MR) is 55.3 cm³/mol. The molecule has 1 unspecified atom stereocenters. The second-order valence-electron chi connectivity index (χ2n) is 3.92. The number of nitrogens with one attached hydrogen (secondary N) is 1. The van der Waals surface area contributed by atoms with Gasteiger partial charge in [-0.25, -0.2) is 0 Å². The van der Waals surface area contributed by atoms with Gasteiger partial charge in [0.2, 0.25) is 0 Å². The van der Waals surface area contributed by atoms with Gasteiger partial charge >= 0.3 is 5.97 Å². The van der Waals surface area contributed by atoms with Crippen LogP contribution in [0.4, 0.5) is 0 Å². The van der Waals surface area contributed by atoms with Crippen molar-refractivity contribution in [2.24, 2.45) is 0 Å². The first-order valence-electron chi connectivity index (χ1n) is 5.13. The number of rotatable bonds is 8. The van der Waals surface area contributed by atoms with E-state index >= 15 is 0 Å². The van der Waals surface area contributed by atoms with Crippen molar-refractivity contribution in [1.29, 1.82) is 0 Å². The van der Waals surface area contributed by atoms with Gasteiger partial charge in [0.1, 0.15) is 0 Å². The zero-order valence-corrected chi connectivity index (χ0v) is 9.05. The van der Waals surface area contributed by atoms with Crippen LogP contribution in [0.25, 0.3) is 0 Å². The van der Waals surface area contributed by atoms with E-state index in [0.29, 0.717) is 19.5 Å². The van der Waals surface area contributed by atoms with E-state index in [1.165, 1.54) is 0 Å². The third kappa shape index (κ3) is 8.01. The zero-order valence-electron chi connectivity index (χ0n) is 9.05. The maximum atomic E-state index is 10.2. The van der Waals surface area contributed by atoms with E-state index in [0.717, 1.165) is 12.8 Å². The molecular weight excluding hydrogens is 182 g/mol. The van der Waals surface area contributed by atoms with Crippen molar-refractivity contribution in [2.45, 2.75) is 45.1 Å². The summed E-state index contributed by atoms with van der Waals surface area (Å²) in [5.74, 6) is -0.771. The minimum Gasteiger partial charge on any atom is -0.481 e. The van der Waals surface area contributed by atoms with Crippen molar-refractivity contribution in [3.8, 4) is 0 Å². The summed E-state index contributed by atoms with van der Waals surface area (Å²) in [4.78, 5) is 10.2. The Morgan fingerprint density at radius 1 is 1.50 bits per heavy atom. The summed E-state index contributed by atoms with van der Waals surface area (Å²) in [6.07, 6.45) is 2.50. The Labute approximate surface area is 85.3 Å². The second-order valence-corrected chi connectivity index (χ2v) is 3.92. The first kappa shape index (κ1) is 13.4. The second kappa shape index (κ2) is 6.79. The Hall–Kier alpha value is -0.610. The van der Waals surface area contributed by atoms with Crippen LogP contribution >= 0.6 is 0 Å². The highest BCUT2D eigenvalue weighted by Crippen LogP contribution is 2.09. The van der Waals surface area contributed by atoms with Crippen LogP contribution in [-0.4, -0.2) is 34.9 Å². The molecule has 14 heavy (non-hydrogen) atoms. The van der Waals surface area contributed by atoms with E-state index in [9.17, 15) is 9.90 Å². The van der Waals surface area contributed by atoms with Gasteiger partial charge in [-0.05, 0) is 26.3 Å². The van der Waals surface area contributed by atoms with E-state index < -0.39 is 11.6 Å². The Morgan fingerprint density at radius 2 is 2.14 bits per heavy atom. The van der Waals surface area contributed by atoms with Gasteiger partial charge in [-0.1, -0.05) is 13.3 Å². The van der Waals surface area contributed by atoms with Crippen LogP contribution in [-0.2, 0) is 4.79 Å². The summed E-state index contributed by atoms with van der Waals surface area (Å²) in [6.45, 7) is 4.99. The van der Waals surface area contributed by atoms with Crippen molar-refractivity contribution >= 4 is 5.97 Å². The minimum absolute atomic E-state index is 0.183. The molecule has 0 bridgehead atoms. The van der Waals surface area contributed by atoms with E-state index in [-0.39, 0.29) is 6.42 Å². The predicted octanol–water partition coefficient (Wildman–Crippen LogP) is 0.992. The number of carboxylic acid groups (broad SMARTS) is 1. The Morgan fingerprint density at radius 3 is 2.64 bits per heavy atom. The number of aliphatic carboxylic acids is 1. The molecule has 1 atom stereocenters. The lowest BCUT2D eigenvalue weighted by molar-refractivity contribution is -0.137. The van der Waals surface area contributed by atoms with Crippen molar-refractivity contribution in [3.05, 3.63) is 0 Å². The van der Waals surface area contributed by atoms with Gasteiger partial charge in [-0.15, -0.1) is 0 Å². The monoisotopic (exact) mass is 203 g/mol. The van der Waals surface area contributed by atoms with Crippen LogP contribution < -0.4 is 5.32 Å². The number of hydrogen-bond donors (Lipinski definition) is 3. The molecule has 0 aromatic carbocycles. The normalized spacial score (nSPS) is 15.1. The highest BCUT2D eigenvalue weighted by atomic mass is 16.4. The molecule has 0 rings (SSSR count). The van der Waals surface area contributed by atoms with Crippen molar-refractivity contribution in [3.63, 3.8) is 0 Å². The third-order valence-corrected chi connectivity index (χ3v) is 2.04. The standard InChI is InChI=1S/C10H21NO3/c1-3-6-10(2,14)8-11-7-4-5-9(12)13/h11,14H,3-8H2,1-2H3,(H,12,13). The van der Waals surface area contributed by atoms with Gasteiger partial charge < -0.3 is 15.5 Å². The summed E-state index contributed by atoms with van der Waals surface area (Å²) < 4.78 is 0. The summed E-state index contributed by atoms with van der Waals surface area (Å²) in [7, 11) is 0. The minimum atomic E-state index is -0.771. The smallest absolute Gasteiger partial charge is 0.303 e. The fraction of sp³-hybridized carbons (Fsp3) is 0.900. The molecule has 0 aromatic rings. The molecule has 0 heterocycles. The van der Waals surface area contributed by atoms with Crippen LogP contribution in [0.1, 0.15) is 39.5 Å². The molecule has 0 aliphatic heterocycles. The highest BCUT2D eigenvalue weighted by molar-refractivity contribution is 5.66. The van der Waals surface area contributed by atoms with Gasteiger partial charge in [-0.3, -0.25) is 4.79 Å². The summed E-state index contributed by atoms with van der Waals surface area (Å²) in [5, 5.41) is 21.2. The number of aliphatic hydroxyl groups is 1. The number of carbonyl (C=O) groups is 1. The van der Waals surface area contributed by atoms with Crippen LogP contribution in [0.2, 0.25) is 0 Å². The summed E-state index contributed by atoms with van der Waals surface area (Å²) in [6, 6.07) is 0. The SMILES string of the molecule is CCCC(C)(O)CNCCCC(=O)O. The van der Waals surface area contributed by atoms with E-state index in [1.54, 1.807) is 6.92 Å². The van der Waals surface area contributed by atoms with Gasteiger partial charge in [-0.2, -0.15) is 0 Å². The molecule has 0 aliphatic carbocycles. The molecule has 3 N–H and O–H groups in total. The number of hydrogen-bond acceptors (Lipinski definition) is 3. The Bertz CT molecular complexity index is 169. The average Bonchev–Trinajstić information content (AvgIpc) is 2.02. The number of carboxylic acids is 1. The maximum Gasteiger partial charge on any atom is 0.303 e. The fourth-order valence-electron chi connectivity index (χ4n) is 1.35. The van der Waals surface area contributed by atoms with Gasteiger partial charge in [0.05, 0.1) is 5.60 Å². The average molecular weight is 203 g/mol. The fourth-order valence-corrected chi connectivity index (χ4v) is 1.35. The van der Waals surface area contributed by atoms with E-state index in [2.05, 4.69) is 5.32 Å². The molecule has 0 aliphatic rings. The van der Waals surface area contributed by atoms with Crippen LogP contribution in [0.15, 0.2) is 0 Å². The van der Waals surface area contributed by atoms with Crippen molar-refractivity contribution in [1.82, 2.24) is 5.32 Å². The van der Waals surface area contributed by atoms with Crippen molar-refractivity contribution < 1.29 is 15.0 Å². The van der Waals surface area contributed by atoms with Crippen LogP contribution in [0, 0.1) is 0 Å². The lowest BCUT2D eigenvalue weighted by Crippen LogP contribution is -2.38. The highest BCUT2D eigenvalue weighted by Gasteiger charge is 2.17. The maximum absolute atomic E-state index is 10.2. The Balaban J connectivity index is 3.39. The molecule has 0 fully saturated rings. The van der Waals surface area contributed by atoms with E-state index in [4.69, 9.17) is 5.11 Å². The lowest BCUT2D eigenvalue weighted by Gasteiger charge is -2.22. The zero-order chi connectivity index (χ0) is 11.0. The first-order chi connectivity index (χ1) is 6.48. The summed E-state index contributed by atoms with van der Waals surface area (Å²) >= 11 is 0. The molecule has 0 amide bonds. The van der Waals surface area contributed by atoms with Gasteiger partial charge in [0.15, 0.2) is 0 Å². The largest absolute Gasteiger partial charge is 0.481 e. The molecule has 84 valence electrons. The molecule has 0 radical (unpaired) electrons. The van der Waals surface area contributed by atoms with Gasteiger partial charge in [0.25, 0.3) is 0 Å². The van der Waals surface area contributed by atoms with Crippen LogP contribution in [0.5, 0.6) is 0 Å². The quantitative estimate of drug-likeness (QED) is 0.515. The van der Waals surface area contributed by atoms with E-state index in [1.807, 2.05) is 6.92 Å². The van der Waals surface area contributed by atoms with Gasteiger partial charge in [0, 0.05) is 13.0 Å². The molecule has 0 saturated carbocycles. The lowest BCUT2D eigenvalue weighted by atomic mass is 10.0. The topological polar surface area (TPSA) is 69.6 Å². The van der Waals surface area contributed by atoms with Crippen LogP contribution in [0.3, 0.4) is 0 Å². The molecule has 0 aromatic heterocycles. The molecule has 4 heteroatoms.